The van der Waals surface area contributed by atoms with E-state index in [1.807, 2.05) is 0 Å². The van der Waals surface area contributed by atoms with Gasteiger partial charge in [-0.2, -0.15) is 0 Å². The number of aryl methyl sites for hydroxylation is 2. The van der Waals surface area contributed by atoms with E-state index in [1.54, 1.807) is 36.9 Å². The first-order valence-electron chi connectivity index (χ1n) is 10.4. The van der Waals surface area contributed by atoms with Crippen LogP contribution in [0.25, 0.3) is 0 Å². The van der Waals surface area contributed by atoms with Crippen molar-refractivity contribution in [3.63, 3.8) is 0 Å². The molecule has 12 heteroatoms. The Morgan fingerprint density at radius 2 is 1.32 bits per heavy atom. The van der Waals surface area contributed by atoms with Crippen molar-refractivity contribution in [3.05, 3.63) is 66.0 Å². The van der Waals surface area contributed by atoms with Crippen molar-refractivity contribution < 1.29 is 21.6 Å². The van der Waals surface area contributed by atoms with Crippen LogP contribution >= 0.6 is 0 Å². The van der Waals surface area contributed by atoms with Crippen molar-refractivity contribution in [2.45, 2.75) is 36.5 Å². The predicted octanol–water partition coefficient (Wildman–Crippen LogP) is 2.82. The highest BCUT2D eigenvalue weighted by molar-refractivity contribution is 7.93. The van der Waals surface area contributed by atoms with Gasteiger partial charge >= 0.3 is 0 Å². The Morgan fingerprint density at radius 1 is 0.794 bits per heavy atom. The third kappa shape index (κ3) is 5.18. The van der Waals surface area contributed by atoms with Crippen molar-refractivity contribution in [3.8, 4) is 0 Å². The lowest BCUT2D eigenvalue weighted by Crippen LogP contribution is -2.23. The Labute approximate surface area is 198 Å². The zero-order valence-corrected chi connectivity index (χ0v) is 20.1. The Hall–Kier alpha value is -3.51. The summed E-state index contributed by atoms with van der Waals surface area (Å²) in [5, 5.41) is 0. The van der Waals surface area contributed by atoms with E-state index in [0.717, 1.165) is 6.42 Å². The number of amides is 1. The monoisotopic (exact) mass is 501 g/mol. The van der Waals surface area contributed by atoms with Gasteiger partial charge in [0, 0.05) is 35.7 Å². The van der Waals surface area contributed by atoms with Gasteiger partial charge in [-0.3, -0.25) is 9.52 Å². The third-order valence-electron chi connectivity index (χ3n) is 5.16. The Bertz CT molecular complexity index is 1420. The van der Waals surface area contributed by atoms with Crippen LogP contribution in [-0.2, 0) is 24.8 Å². The molecular weight excluding hydrogens is 478 g/mol. The standard InChI is InChI=1S/C22H23N5O5S2/c1-15-14-16(2)24-22(23-15)26-34(31,32)19-9-5-17(6-10-19)25-33(29,30)20-11-7-18(8-12-20)27-13-3-4-21(27)28/h5-12,14,25H,3-4,13H2,1-2H3,(H,23,24,26). The summed E-state index contributed by atoms with van der Waals surface area (Å²) in [7, 11) is -7.87. The molecule has 2 N–H and O–H groups in total. The molecule has 0 bridgehead atoms. The lowest BCUT2D eigenvalue weighted by molar-refractivity contribution is -0.117. The normalized spacial score (nSPS) is 14.3. The topological polar surface area (TPSA) is 138 Å². The molecule has 0 saturated carbocycles. The fourth-order valence-electron chi connectivity index (χ4n) is 3.59. The number of sulfonamides is 2. The van der Waals surface area contributed by atoms with E-state index in [2.05, 4.69) is 19.4 Å². The largest absolute Gasteiger partial charge is 0.312 e. The first-order valence-corrected chi connectivity index (χ1v) is 13.4. The molecule has 1 saturated heterocycles. The Balaban J connectivity index is 1.47. The number of hydrogen-bond donors (Lipinski definition) is 2. The summed E-state index contributed by atoms with van der Waals surface area (Å²) in [6.45, 7) is 4.07. The Kier molecular flexibility index (Phi) is 6.28. The van der Waals surface area contributed by atoms with Gasteiger partial charge in [-0.25, -0.2) is 31.5 Å². The maximum Gasteiger partial charge on any atom is 0.264 e. The third-order valence-corrected chi connectivity index (χ3v) is 7.90. The van der Waals surface area contributed by atoms with E-state index in [-0.39, 0.29) is 27.3 Å². The SMILES string of the molecule is Cc1cc(C)nc(NS(=O)(=O)c2ccc(NS(=O)(=O)c3ccc(N4CCCC4=O)cc3)cc2)n1. The number of carbonyl (C=O) groups is 1. The fourth-order valence-corrected chi connectivity index (χ4v) is 5.60. The zero-order chi connectivity index (χ0) is 24.5. The van der Waals surface area contributed by atoms with Gasteiger partial charge in [0.15, 0.2) is 0 Å². The van der Waals surface area contributed by atoms with Crippen LogP contribution in [0.5, 0.6) is 0 Å². The van der Waals surface area contributed by atoms with E-state index in [4.69, 9.17) is 0 Å². The highest BCUT2D eigenvalue weighted by Crippen LogP contribution is 2.24. The molecular formula is C22H23N5O5S2. The van der Waals surface area contributed by atoms with Gasteiger partial charge in [0.25, 0.3) is 20.0 Å². The molecule has 1 amide bonds. The Morgan fingerprint density at radius 3 is 1.85 bits per heavy atom. The second kappa shape index (κ2) is 9.03. The quantitative estimate of drug-likeness (QED) is 0.508. The number of hydrogen-bond acceptors (Lipinski definition) is 7. The molecule has 0 radical (unpaired) electrons. The summed E-state index contributed by atoms with van der Waals surface area (Å²) in [4.78, 5) is 21.6. The number of anilines is 3. The molecule has 2 heterocycles. The molecule has 178 valence electrons. The van der Waals surface area contributed by atoms with Crippen LogP contribution < -0.4 is 14.3 Å². The first-order chi connectivity index (χ1) is 16.0. The van der Waals surface area contributed by atoms with Gasteiger partial charge in [-0.05, 0) is 74.9 Å². The van der Waals surface area contributed by atoms with Crippen LogP contribution in [0.15, 0.2) is 64.4 Å². The molecule has 34 heavy (non-hydrogen) atoms. The molecule has 0 atom stereocenters. The van der Waals surface area contributed by atoms with E-state index in [9.17, 15) is 21.6 Å². The van der Waals surface area contributed by atoms with Gasteiger partial charge in [0.2, 0.25) is 11.9 Å². The first kappa shape index (κ1) is 23.6. The summed E-state index contributed by atoms with van der Waals surface area (Å²) < 4.78 is 55.5. The minimum Gasteiger partial charge on any atom is -0.312 e. The van der Waals surface area contributed by atoms with Crippen LogP contribution in [0.4, 0.5) is 17.3 Å². The minimum atomic E-state index is -3.96. The molecule has 1 aliphatic rings. The van der Waals surface area contributed by atoms with Gasteiger partial charge in [0.05, 0.1) is 9.79 Å². The highest BCUT2D eigenvalue weighted by atomic mass is 32.2. The number of benzene rings is 2. The van der Waals surface area contributed by atoms with Crippen LogP contribution in [0.2, 0.25) is 0 Å². The molecule has 1 aromatic heterocycles. The maximum absolute atomic E-state index is 12.7. The smallest absolute Gasteiger partial charge is 0.264 e. The minimum absolute atomic E-state index is 0.0161. The maximum atomic E-state index is 12.7. The zero-order valence-electron chi connectivity index (χ0n) is 18.5. The van der Waals surface area contributed by atoms with Gasteiger partial charge in [-0.15, -0.1) is 0 Å². The average Bonchev–Trinajstić information content (AvgIpc) is 3.19. The van der Waals surface area contributed by atoms with Gasteiger partial charge in [-0.1, -0.05) is 0 Å². The van der Waals surface area contributed by atoms with Crippen molar-refractivity contribution in [1.82, 2.24) is 9.97 Å². The molecule has 3 aromatic rings. The lowest BCUT2D eigenvalue weighted by Gasteiger charge is -2.16. The van der Waals surface area contributed by atoms with Crippen LogP contribution in [0.1, 0.15) is 24.2 Å². The van der Waals surface area contributed by atoms with Gasteiger partial charge in [0.1, 0.15) is 0 Å². The molecule has 0 spiro atoms. The second-order valence-electron chi connectivity index (χ2n) is 7.85. The molecule has 2 aromatic carbocycles. The van der Waals surface area contributed by atoms with Crippen molar-refractivity contribution in [2.24, 2.45) is 0 Å². The summed E-state index contributed by atoms with van der Waals surface area (Å²) in [6.07, 6.45) is 1.26. The van der Waals surface area contributed by atoms with E-state index < -0.39 is 20.0 Å². The number of nitrogens with one attached hydrogen (secondary N) is 2. The van der Waals surface area contributed by atoms with Crippen LogP contribution in [0.3, 0.4) is 0 Å². The summed E-state index contributed by atoms with van der Waals surface area (Å²) >= 11 is 0. The molecule has 4 rings (SSSR count). The second-order valence-corrected chi connectivity index (χ2v) is 11.2. The molecule has 0 aliphatic carbocycles. The molecule has 10 nitrogen and oxygen atoms in total. The van der Waals surface area contributed by atoms with E-state index >= 15 is 0 Å². The van der Waals surface area contributed by atoms with Crippen molar-refractivity contribution in [2.75, 3.05) is 20.9 Å². The predicted molar refractivity (Wildman–Crippen MR) is 128 cm³/mol. The highest BCUT2D eigenvalue weighted by Gasteiger charge is 2.23. The van der Waals surface area contributed by atoms with Crippen molar-refractivity contribution >= 4 is 43.3 Å². The lowest BCUT2D eigenvalue weighted by atomic mass is 10.3. The molecule has 1 aliphatic heterocycles. The molecule has 1 fully saturated rings. The number of rotatable bonds is 7. The summed E-state index contributed by atoms with van der Waals surface area (Å²) in [5.74, 6) is -0.0243. The van der Waals surface area contributed by atoms with Crippen LogP contribution in [0, 0.1) is 13.8 Å². The van der Waals surface area contributed by atoms with E-state index in [1.165, 1.54) is 36.4 Å². The number of nitrogens with zero attached hydrogens (tertiary/aromatic N) is 3. The number of aromatic nitrogens is 2. The fraction of sp³-hybridized carbons (Fsp3) is 0.227. The van der Waals surface area contributed by atoms with Gasteiger partial charge < -0.3 is 4.90 Å². The number of carbonyl (C=O) groups excluding carboxylic acids is 1. The summed E-state index contributed by atoms with van der Waals surface area (Å²) in [5.41, 5.74) is 2.08. The average molecular weight is 502 g/mol. The molecule has 0 unspecified atom stereocenters. The summed E-state index contributed by atoms with van der Waals surface area (Å²) in [6, 6.07) is 13.0. The van der Waals surface area contributed by atoms with Crippen LogP contribution in [-0.4, -0.2) is 39.3 Å². The van der Waals surface area contributed by atoms with E-state index in [0.29, 0.717) is 30.0 Å². The van der Waals surface area contributed by atoms with Crippen molar-refractivity contribution in [1.29, 1.82) is 0 Å².